The summed E-state index contributed by atoms with van der Waals surface area (Å²) < 4.78 is 11.2. The summed E-state index contributed by atoms with van der Waals surface area (Å²) in [7, 11) is 0. The second-order valence-electron chi connectivity index (χ2n) is 7.81. The van der Waals surface area contributed by atoms with Crippen molar-refractivity contribution in [1.29, 1.82) is 0 Å². The van der Waals surface area contributed by atoms with Gasteiger partial charge in [0.05, 0.1) is 18.9 Å². The van der Waals surface area contributed by atoms with E-state index in [9.17, 15) is 4.79 Å². The topological polar surface area (TPSA) is 87.7 Å². The first kappa shape index (κ1) is 23.9. The van der Waals surface area contributed by atoms with Crippen LogP contribution in [0.5, 0.6) is 11.5 Å². The van der Waals surface area contributed by atoms with Crippen LogP contribution in [0.25, 0.3) is 10.9 Å². The number of hydrogen-bond donors (Lipinski definition) is 3. The standard InChI is InChI=1S/C28H30N4O3/c1-3-34-22-15-13-20(14-16-22)27(33)32-28(31-25-11-7-8-12-26(25)35-4-2)29-18-17-21-19-30-24-10-6-5-9-23(21)24/h5-16,19,30H,3-4,17-18H2,1-2H3,(H2,29,31,32,33). The van der Waals surface area contributed by atoms with Gasteiger partial charge in [0, 0.05) is 29.2 Å². The number of fused-ring (bicyclic) bond motifs is 1. The summed E-state index contributed by atoms with van der Waals surface area (Å²) in [5, 5.41) is 7.34. The van der Waals surface area contributed by atoms with Crippen LogP contribution in [0, 0.1) is 0 Å². The third-order valence-electron chi connectivity index (χ3n) is 5.43. The lowest BCUT2D eigenvalue weighted by Gasteiger charge is -2.15. The lowest BCUT2D eigenvalue weighted by Crippen LogP contribution is -2.36. The third-order valence-corrected chi connectivity index (χ3v) is 5.43. The number of benzene rings is 3. The predicted molar refractivity (Wildman–Crippen MR) is 141 cm³/mol. The molecule has 7 nitrogen and oxygen atoms in total. The lowest BCUT2D eigenvalue weighted by molar-refractivity contribution is 0.0977. The zero-order chi connectivity index (χ0) is 24.5. The molecule has 0 fully saturated rings. The van der Waals surface area contributed by atoms with Gasteiger partial charge < -0.3 is 19.8 Å². The summed E-state index contributed by atoms with van der Waals surface area (Å²) in [5.41, 5.74) is 3.51. The number of H-pyrrole nitrogens is 1. The van der Waals surface area contributed by atoms with Gasteiger partial charge >= 0.3 is 0 Å². The summed E-state index contributed by atoms with van der Waals surface area (Å²) in [4.78, 5) is 21.0. The van der Waals surface area contributed by atoms with Gasteiger partial charge in [-0.3, -0.25) is 15.1 Å². The minimum Gasteiger partial charge on any atom is -0.494 e. The smallest absolute Gasteiger partial charge is 0.257 e. The van der Waals surface area contributed by atoms with E-state index in [-0.39, 0.29) is 5.91 Å². The minimum absolute atomic E-state index is 0.264. The first-order valence-corrected chi connectivity index (χ1v) is 11.8. The van der Waals surface area contributed by atoms with E-state index in [1.807, 2.05) is 56.4 Å². The molecule has 180 valence electrons. The number of rotatable bonds is 9. The molecule has 7 heteroatoms. The highest BCUT2D eigenvalue weighted by atomic mass is 16.5. The number of carbonyl (C=O) groups excluding carboxylic acids is 1. The zero-order valence-corrected chi connectivity index (χ0v) is 20.0. The van der Waals surface area contributed by atoms with Crippen molar-refractivity contribution in [2.75, 3.05) is 25.1 Å². The Hall–Kier alpha value is -4.26. The maximum absolute atomic E-state index is 13.0. The third kappa shape index (κ3) is 6.20. The monoisotopic (exact) mass is 470 g/mol. The molecular weight excluding hydrogens is 440 g/mol. The van der Waals surface area contributed by atoms with Crippen LogP contribution in [0.15, 0.2) is 84.0 Å². The molecule has 0 radical (unpaired) electrons. The molecule has 0 aliphatic rings. The second-order valence-corrected chi connectivity index (χ2v) is 7.81. The summed E-state index contributed by atoms with van der Waals surface area (Å²) in [6, 6.07) is 22.8. The fourth-order valence-corrected chi connectivity index (χ4v) is 3.76. The quantitative estimate of drug-likeness (QED) is 0.226. The van der Waals surface area contributed by atoms with E-state index in [1.165, 1.54) is 10.9 Å². The number of amides is 1. The fraction of sp³-hybridized carbons (Fsp3) is 0.214. The van der Waals surface area contributed by atoms with Gasteiger partial charge in [0.15, 0.2) is 0 Å². The van der Waals surface area contributed by atoms with E-state index in [0.29, 0.717) is 37.0 Å². The van der Waals surface area contributed by atoms with E-state index >= 15 is 0 Å². The molecule has 0 bridgehead atoms. The molecule has 4 rings (SSSR count). The van der Waals surface area contributed by atoms with Crippen LogP contribution in [-0.2, 0) is 6.42 Å². The number of ether oxygens (including phenoxy) is 2. The van der Waals surface area contributed by atoms with Gasteiger partial charge in [0.25, 0.3) is 5.91 Å². The highest BCUT2D eigenvalue weighted by molar-refractivity contribution is 6.10. The van der Waals surface area contributed by atoms with E-state index < -0.39 is 0 Å². The Morgan fingerprint density at radius 1 is 0.914 bits per heavy atom. The molecule has 4 aromatic rings. The maximum Gasteiger partial charge on any atom is 0.257 e. The average molecular weight is 471 g/mol. The number of aromatic nitrogens is 1. The van der Waals surface area contributed by atoms with Gasteiger partial charge in [-0.2, -0.15) is 0 Å². The second kappa shape index (κ2) is 11.7. The molecule has 3 N–H and O–H groups in total. The Bertz CT molecular complexity index is 1300. The maximum atomic E-state index is 13.0. The number of aliphatic imine (C=N–C) groups is 1. The summed E-state index contributed by atoms with van der Waals surface area (Å²) in [5.74, 6) is 1.51. The molecule has 3 aromatic carbocycles. The molecule has 0 atom stereocenters. The van der Waals surface area contributed by atoms with Crippen molar-refractivity contribution >= 4 is 28.5 Å². The van der Waals surface area contributed by atoms with E-state index in [1.54, 1.807) is 24.3 Å². The molecular formula is C28H30N4O3. The fourth-order valence-electron chi connectivity index (χ4n) is 3.76. The van der Waals surface area contributed by atoms with Crippen molar-refractivity contribution in [3.05, 3.63) is 90.1 Å². The van der Waals surface area contributed by atoms with Crippen molar-refractivity contribution in [2.45, 2.75) is 20.3 Å². The highest BCUT2D eigenvalue weighted by Crippen LogP contribution is 2.24. The van der Waals surface area contributed by atoms with E-state index in [0.717, 1.165) is 23.4 Å². The highest BCUT2D eigenvalue weighted by Gasteiger charge is 2.12. The molecule has 0 saturated heterocycles. The number of aromatic amines is 1. The number of hydrogen-bond acceptors (Lipinski definition) is 4. The summed E-state index contributed by atoms with van der Waals surface area (Å²) >= 11 is 0. The Kier molecular flexibility index (Phi) is 8.01. The molecule has 0 saturated carbocycles. The molecule has 1 heterocycles. The van der Waals surface area contributed by atoms with Crippen LogP contribution in [0.1, 0.15) is 29.8 Å². The Labute approximate surface area is 205 Å². The average Bonchev–Trinajstić information content (AvgIpc) is 3.29. The molecule has 1 amide bonds. The Balaban J connectivity index is 1.53. The number of nitrogens with one attached hydrogen (secondary N) is 3. The Morgan fingerprint density at radius 2 is 1.66 bits per heavy atom. The SMILES string of the molecule is CCOc1ccc(C(=O)NC(=NCCc2c[nH]c3ccccc23)Nc2ccccc2OCC)cc1. The first-order valence-electron chi connectivity index (χ1n) is 11.8. The summed E-state index contributed by atoms with van der Waals surface area (Å²) in [6.45, 7) is 5.45. The molecule has 0 spiro atoms. The van der Waals surface area contributed by atoms with Gasteiger partial charge in [0.2, 0.25) is 5.96 Å². The van der Waals surface area contributed by atoms with Crippen molar-refractivity contribution in [1.82, 2.24) is 10.3 Å². The predicted octanol–water partition coefficient (Wildman–Crippen LogP) is 5.41. The van der Waals surface area contributed by atoms with Crippen molar-refractivity contribution in [3.8, 4) is 11.5 Å². The molecule has 0 unspecified atom stereocenters. The van der Waals surface area contributed by atoms with Gasteiger partial charge in [-0.25, -0.2) is 0 Å². The molecule has 1 aromatic heterocycles. The van der Waals surface area contributed by atoms with Gasteiger partial charge in [0.1, 0.15) is 11.5 Å². The zero-order valence-electron chi connectivity index (χ0n) is 20.0. The Morgan fingerprint density at radius 3 is 2.46 bits per heavy atom. The van der Waals surface area contributed by atoms with Crippen LogP contribution in [0.4, 0.5) is 5.69 Å². The van der Waals surface area contributed by atoms with Crippen molar-refractivity contribution < 1.29 is 14.3 Å². The van der Waals surface area contributed by atoms with Gasteiger partial charge in [-0.05, 0) is 68.3 Å². The number of guanidine groups is 1. The molecule has 35 heavy (non-hydrogen) atoms. The number of anilines is 1. The molecule has 0 aliphatic carbocycles. The van der Waals surface area contributed by atoms with Crippen molar-refractivity contribution in [2.24, 2.45) is 4.99 Å². The van der Waals surface area contributed by atoms with Crippen LogP contribution < -0.4 is 20.1 Å². The van der Waals surface area contributed by atoms with Crippen LogP contribution in [-0.4, -0.2) is 36.6 Å². The van der Waals surface area contributed by atoms with E-state index in [2.05, 4.69) is 27.8 Å². The van der Waals surface area contributed by atoms with Gasteiger partial charge in [-0.1, -0.05) is 30.3 Å². The normalized spacial score (nSPS) is 11.3. The van der Waals surface area contributed by atoms with Crippen LogP contribution >= 0.6 is 0 Å². The largest absolute Gasteiger partial charge is 0.494 e. The van der Waals surface area contributed by atoms with E-state index in [4.69, 9.17) is 14.5 Å². The summed E-state index contributed by atoms with van der Waals surface area (Å²) in [6.07, 6.45) is 2.73. The minimum atomic E-state index is -0.264. The molecule has 0 aliphatic heterocycles. The van der Waals surface area contributed by atoms with Crippen LogP contribution in [0.2, 0.25) is 0 Å². The van der Waals surface area contributed by atoms with Crippen LogP contribution in [0.3, 0.4) is 0 Å². The lowest BCUT2D eigenvalue weighted by atomic mass is 10.1. The number of carbonyl (C=O) groups is 1. The number of nitrogens with zero attached hydrogens (tertiary/aromatic N) is 1. The van der Waals surface area contributed by atoms with Gasteiger partial charge in [-0.15, -0.1) is 0 Å². The number of para-hydroxylation sites is 3. The first-order chi connectivity index (χ1) is 17.2. The van der Waals surface area contributed by atoms with Crippen molar-refractivity contribution in [3.63, 3.8) is 0 Å².